The third-order valence-electron chi connectivity index (χ3n) is 4.26. The van der Waals surface area contributed by atoms with Crippen molar-refractivity contribution < 1.29 is 14.3 Å². The molecule has 3 aromatic rings. The van der Waals surface area contributed by atoms with Crippen molar-refractivity contribution in [2.24, 2.45) is 0 Å². The molecule has 150 valence electrons. The van der Waals surface area contributed by atoms with E-state index in [-0.39, 0.29) is 11.3 Å². The first kappa shape index (κ1) is 20.6. The number of carbonyl (C=O) groups excluding carboxylic acids is 1. The second kappa shape index (κ2) is 9.89. The van der Waals surface area contributed by atoms with Crippen LogP contribution in [-0.2, 0) is 0 Å². The molecule has 0 aliphatic carbocycles. The molecule has 2 aromatic carbocycles. The van der Waals surface area contributed by atoms with E-state index in [4.69, 9.17) is 9.47 Å². The monoisotopic (exact) mass is 409 g/mol. The van der Waals surface area contributed by atoms with Crippen LogP contribution in [0.3, 0.4) is 0 Å². The maximum atomic E-state index is 12.4. The lowest BCUT2D eigenvalue weighted by Crippen LogP contribution is -2.20. The Labute approximate surface area is 172 Å². The van der Waals surface area contributed by atoms with Crippen molar-refractivity contribution in [2.45, 2.75) is 19.8 Å². The van der Waals surface area contributed by atoms with Gasteiger partial charge < -0.3 is 14.5 Å². The maximum absolute atomic E-state index is 12.4. The van der Waals surface area contributed by atoms with Crippen molar-refractivity contribution in [2.75, 3.05) is 13.7 Å². The van der Waals surface area contributed by atoms with Crippen molar-refractivity contribution in [1.29, 1.82) is 0 Å². The summed E-state index contributed by atoms with van der Waals surface area (Å²) in [6.07, 6.45) is 5.35. The van der Waals surface area contributed by atoms with Crippen LogP contribution in [0.1, 0.15) is 35.7 Å². The van der Waals surface area contributed by atoms with Crippen molar-refractivity contribution in [3.8, 4) is 11.5 Å². The Bertz CT molecular complexity index is 1130. The highest BCUT2D eigenvalue weighted by Crippen LogP contribution is 2.13. The van der Waals surface area contributed by atoms with E-state index in [0.29, 0.717) is 27.1 Å². The van der Waals surface area contributed by atoms with Crippen LogP contribution in [0.2, 0.25) is 0 Å². The number of benzene rings is 2. The van der Waals surface area contributed by atoms with Crippen LogP contribution >= 0.6 is 11.3 Å². The Morgan fingerprint density at radius 1 is 1.07 bits per heavy atom. The quantitative estimate of drug-likeness (QED) is 0.459. The molecule has 0 fully saturated rings. The molecule has 0 saturated heterocycles. The van der Waals surface area contributed by atoms with E-state index in [1.54, 1.807) is 37.5 Å². The van der Waals surface area contributed by atoms with E-state index >= 15 is 0 Å². The molecular weight excluding hydrogens is 386 g/mol. The van der Waals surface area contributed by atoms with Crippen LogP contribution in [0.25, 0.3) is 12.2 Å². The number of thiazole rings is 1. The highest BCUT2D eigenvalue weighted by molar-refractivity contribution is 7.07. The predicted molar refractivity (Wildman–Crippen MR) is 116 cm³/mol. The topological polar surface area (TPSA) is 68.4 Å². The average Bonchev–Trinajstić information content (AvgIpc) is 3.08. The zero-order chi connectivity index (χ0) is 20.6. The molecule has 5 nitrogen and oxygen atoms in total. The van der Waals surface area contributed by atoms with E-state index in [0.717, 1.165) is 24.2 Å². The summed E-state index contributed by atoms with van der Waals surface area (Å²) < 4.78 is 11.8. The molecule has 0 aliphatic heterocycles. The van der Waals surface area contributed by atoms with Crippen molar-refractivity contribution in [3.05, 3.63) is 79.2 Å². The van der Waals surface area contributed by atoms with E-state index in [2.05, 4.69) is 11.9 Å². The first-order valence-corrected chi connectivity index (χ1v) is 10.2. The third kappa shape index (κ3) is 5.68. The molecule has 0 radical (unpaired) electrons. The van der Waals surface area contributed by atoms with Gasteiger partial charge in [0.1, 0.15) is 11.5 Å². The number of hydrogen-bond acceptors (Lipinski definition) is 5. The van der Waals surface area contributed by atoms with Gasteiger partial charge in [0.15, 0.2) is 5.78 Å². The first-order chi connectivity index (χ1) is 14.1. The lowest BCUT2D eigenvalue weighted by Gasteiger charge is -2.04. The number of carbonyl (C=O) groups is 1. The summed E-state index contributed by atoms with van der Waals surface area (Å²) in [5.74, 6) is 1.32. The first-order valence-electron chi connectivity index (χ1n) is 9.43. The molecule has 1 aromatic heterocycles. The number of Topliss-reactive ketones (excluding diaryl/α,β-unsaturated/α-hetero) is 1. The number of aromatic amines is 1. The van der Waals surface area contributed by atoms with Crippen LogP contribution in [0.15, 0.2) is 53.3 Å². The number of ether oxygens (including phenoxy) is 2. The standard InChI is InChI=1S/C23H23NO4S/c1-3-4-13-28-19-9-5-16(6-10-19)14-21-23(26)24-22(29-21)15-20(25)17-7-11-18(27-2)12-8-17/h5-12,14-15H,3-4,13H2,1-2H3,(H,24,26)/b21-14-,22-15-. The zero-order valence-electron chi connectivity index (χ0n) is 16.4. The van der Waals surface area contributed by atoms with E-state index in [1.807, 2.05) is 24.3 Å². The van der Waals surface area contributed by atoms with E-state index < -0.39 is 0 Å². The van der Waals surface area contributed by atoms with Crippen LogP contribution in [-0.4, -0.2) is 24.5 Å². The molecular formula is C23H23NO4S. The van der Waals surface area contributed by atoms with Gasteiger partial charge in [0.25, 0.3) is 5.56 Å². The number of H-pyrrole nitrogens is 1. The maximum Gasteiger partial charge on any atom is 0.266 e. The normalized spacial score (nSPS) is 12.2. The number of hydrogen-bond donors (Lipinski definition) is 1. The Hall–Kier alpha value is -3.12. The summed E-state index contributed by atoms with van der Waals surface area (Å²) in [6.45, 7) is 2.82. The number of methoxy groups -OCH3 is 1. The van der Waals surface area contributed by atoms with Gasteiger partial charge in [0.2, 0.25) is 0 Å². The fourth-order valence-electron chi connectivity index (χ4n) is 2.63. The molecule has 6 heteroatoms. The van der Waals surface area contributed by atoms with Gasteiger partial charge in [-0.05, 0) is 54.5 Å². The Morgan fingerprint density at radius 2 is 1.76 bits per heavy atom. The van der Waals surface area contributed by atoms with Gasteiger partial charge >= 0.3 is 0 Å². The Morgan fingerprint density at radius 3 is 2.41 bits per heavy atom. The van der Waals surface area contributed by atoms with Gasteiger partial charge in [-0.25, -0.2) is 0 Å². The number of ketones is 1. The largest absolute Gasteiger partial charge is 0.497 e. The summed E-state index contributed by atoms with van der Waals surface area (Å²) in [4.78, 5) is 27.4. The van der Waals surface area contributed by atoms with Gasteiger partial charge in [0.05, 0.1) is 22.9 Å². The number of nitrogens with one attached hydrogen (secondary N) is 1. The number of unbranched alkanes of at least 4 members (excludes halogenated alkanes) is 1. The predicted octanol–water partition coefficient (Wildman–Crippen LogP) is 3.12. The Balaban J connectivity index is 1.79. The minimum Gasteiger partial charge on any atom is -0.497 e. The molecule has 0 saturated carbocycles. The van der Waals surface area contributed by atoms with E-state index in [1.165, 1.54) is 17.4 Å². The summed E-state index contributed by atoms with van der Waals surface area (Å²) in [5.41, 5.74) is 1.21. The zero-order valence-corrected chi connectivity index (χ0v) is 17.3. The molecule has 29 heavy (non-hydrogen) atoms. The van der Waals surface area contributed by atoms with Gasteiger partial charge in [-0.1, -0.05) is 25.5 Å². The smallest absolute Gasteiger partial charge is 0.266 e. The van der Waals surface area contributed by atoms with Crippen LogP contribution in [0.4, 0.5) is 0 Å². The summed E-state index contributed by atoms with van der Waals surface area (Å²) in [6, 6.07) is 14.5. The summed E-state index contributed by atoms with van der Waals surface area (Å²) >= 11 is 1.25. The lowest BCUT2D eigenvalue weighted by atomic mass is 10.1. The van der Waals surface area contributed by atoms with Gasteiger partial charge in [-0.3, -0.25) is 9.59 Å². The third-order valence-corrected chi connectivity index (χ3v) is 5.22. The number of rotatable bonds is 8. The molecule has 3 rings (SSSR count). The van der Waals surface area contributed by atoms with Crippen molar-refractivity contribution >= 4 is 29.3 Å². The van der Waals surface area contributed by atoms with Crippen LogP contribution < -0.4 is 24.2 Å². The molecule has 1 heterocycles. The SMILES string of the molecule is CCCCOc1ccc(/C=c2\s/c(=C\C(=O)c3ccc(OC)cc3)[nH]c2=O)cc1. The average molecular weight is 410 g/mol. The van der Waals surface area contributed by atoms with Crippen molar-refractivity contribution in [3.63, 3.8) is 0 Å². The summed E-state index contributed by atoms with van der Waals surface area (Å²) in [7, 11) is 1.57. The molecule has 0 aliphatic rings. The highest BCUT2D eigenvalue weighted by atomic mass is 32.1. The van der Waals surface area contributed by atoms with Crippen LogP contribution in [0.5, 0.6) is 11.5 Å². The molecule has 0 spiro atoms. The van der Waals surface area contributed by atoms with Gasteiger partial charge in [-0.2, -0.15) is 0 Å². The lowest BCUT2D eigenvalue weighted by molar-refractivity contribution is 0.106. The van der Waals surface area contributed by atoms with Crippen LogP contribution in [0, 0.1) is 0 Å². The fraction of sp³-hybridized carbons (Fsp3) is 0.217. The van der Waals surface area contributed by atoms with E-state index in [9.17, 15) is 9.59 Å². The molecule has 0 bridgehead atoms. The minimum atomic E-state index is -0.216. The summed E-state index contributed by atoms with van der Waals surface area (Å²) in [5, 5.41) is 0. The van der Waals surface area contributed by atoms with Crippen molar-refractivity contribution in [1.82, 2.24) is 4.98 Å². The Kier molecular flexibility index (Phi) is 7.03. The van der Waals surface area contributed by atoms with Gasteiger partial charge in [-0.15, -0.1) is 11.3 Å². The minimum absolute atomic E-state index is 0.176. The molecule has 0 atom stereocenters. The fourth-order valence-corrected chi connectivity index (χ4v) is 3.51. The highest BCUT2D eigenvalue weighted by Gasteiger charge is 2.04. The second-order valence-corrected chi connectivity index (χ2v) is 7.52. The second-order valence-electron chi connectivity index (χ2n) is 6.44. The number of aromatic nitrogens is 1. The molecule has 1 N–H and O–H groups in total. The molecule has 0 unspecified atom stereocenters. The molecule has 0 amide bonds. The van der Waals surface area contributed by atoms with Gasteiger partial charge in [0, 0.05) is 11.6 Å².